The second kappa shape index (κ2) is 8.06. The summed E-state index contributed by atoms with van der Waals surface area (Å²) in [7, 11) is 2.01. The lowest BCUT2D eigenvalue weighted by molar-refractivity contribution is 0.0725. The predicted molar refractivity (Wildman–Crippen MR) is 131 cm³/mol. The number of aromatic nitrogens is 4. The highest BCUT2D eigenvalue weighted by atomic mass is 35.5. The van der Waals surface area contributed by atoms with E-state index in [1.807, 2.05) is 25.2 Å². The van der Waals surface area contributed by atoms with Crippen molar-refractivity contribution in [2.24, 2.45) is 18.7 Å². The zero-order valence-electron chi connectivity index (χ0n) is 19.0. The molecule has 1 amide bonds. The average Bonchev–Trinajstić information content (AvgIpc) is 3.51. The third-order valence-corrected chi connectivity index (χ3v) is 7.21. The first-order valence-corrected chi connectivity index (χ1v) is 12.1. The van der Waals surface area contributed by atoms with Crippen molar-refractivity contribution in [3.8, 4) is 11.5 Å². The molecule has 4 heterocycles. The van der Waals surface area contributed by atoms with E-state index in [4.69, 9.17) is 22.3 Å². The average molecular weight is 481 g/mol. The third-order valence-electron chi connectivity index (χ3n) is 7.00. The van der Waals surface area contributed by atoms with E-state index in [1.165, 1.54) is 12.8 Å². The van der Waals surface area contributed by atoms with E-state index in [1.54, 1.807) is 4.90 Å². The van der Waals surface area contributed by atoms with Gasteiger partial charge in [0.05, 0.1) is 22.8 Å². The van der Waals surface area contributed by atoms with E-state index < -0.39 is 12.7 Å². The minimum Gasteiger partial charge on any atom is -0.337 e. The van der Waals surface area contributed by atoms with Gasteiger partial charge in [0.1, 0.15) is 17.5 Å². The molecule has 6 rings (SSSR count). The summed E-state index contributed by atoms with van der Waals surface area (Å²) in [5, 5.41) is 1.50. The molecule has 2 aliphatic rings. The molecule has 9 heteroatoms. The molecule has 0 spiro atoms. The first-order valence-electron chi connectivity index (χ1n) is 11.7. The topological polar surface area (TPSA) is 82.0 Å². The standard InChI is InChI=1S/C25H26ClFN6O/c1-31-20-8-15-6-7-32(13-17(28)11-27)25(34)18(15)10-19(20)29-24(31)21-9-16-4-5-22(26)30-23(16)33(21)12-14-2-3-14/h4-5,8-10,14,17H,2-3,6-7,11-13,28H2,1H3/t17-/m1/s1. The number of hydrogen-bond acceptors (Lipinski definition) is 4. The second-order valence-electron chi connectivity index (χ2n) is 9.54. The molecule has 0 saturated heterocycles. The number of carbonyl (C=O) groups excluding carboxylic acids is 1. The van der Waals surface area contributed by atoms with Crippen molar-refractivity contribution in [1.29, 1.82) is 0 Å². The zero-order chi connectivity index (χ0) is 23.6. The van der Waals surface area contributed by atoms with E-state index >= 15 is 0 Å². The molecule has 7 nitrogen and oxygen atoms in total. The molecular weight excluding hydrogens is 455 g/mol. The maximum Gasteiger partial charge on any atom is 0.254 e. The van der Waals surface area contributed by atoms with Crippen LogP contribution in [0.2, 0.25) is 5.15 Å². The van der Waals surface area contributed by atoms with E-state index in [-0.39, 0.29) is 12.5 Å². The van der Waals surface area contributed by atoms with Gasteiger partial charge in [-0.25, -0.2) is 14.4 Å². The molecule has 1 aliphatic heterocycles. The quantitative estimate of drug-likeness (QED) is 0.424. The van der Waals surface area contributed by atoms with Crippen molar-refractivity contribution in [3.05, 3.63) is 46.6 Å². The number of amides is 1. The number of halogens is 2. The van der Waals surface area contributed by atoms with Crippen LogP contribution in [-0.4, -0.2) is 55.7 Å². The molecule has 2 N–H and O–H groups in total. The number of pyridine rings is 1. The number of imidazole rings is 1. The molecule has 0 bridgehead atoms. The number of benzene rings is 1. The van der Waals surface area contributed by atoms with Crippen LogP contribution in [0.25, 0.3) is 33.6 Å². The molecule has 34 heavy (non-hydrogen) atoms. The number of carbonyl (C=O) groups is 1. The summed E-state index contributed by atoms with van der Waals surface area (Å²) in [6.45, 7) is 0.997. The number of hydrogen-bond donors (Lipinski definition) is 1. The van der Waals surface area contributed by atoms with Gasteiger partial charge >= 0.3 is 0 Å². The van der Waals surface area contributed by atoms with Crippen LogP contribution in [0.5, 0.6) is 0 Å². The Morgan fingerprint density at radius 1 is 1.24 bits per heavy atom. The van der Waals surface area contributed by atoms with Crippen LogP contribution >= 0.6 is 11.6 Å². The molecule has 1 saturated carbocycles. The number of nitrogens with zero attached hydrogens (tertiary/aromatic N) is 5. The van der Waals surface area contributed by atoms with Crippen molar-refractivity contribution in [1.82, 2.24) is 24.0 Å². The molecule has 176 valence electrons. The molecule has 0 radical (unpaired) electrons. The Balaban J connectivity index is 1.46. The number of aryl methyl sites for hydroxylation is 1. The van der Waals surface area contributed by atoms with Gasteiger partial charge in [-0.2, -0.15) is 0 Å². The van der Waals surface area contributed by atoms with Gasteiger partial charge < -0.3 is 19.8 Å². The third kappa shape index (κ3) is 3.56. The number of rotatable bonds is 6. The van der Waals surface area contributed by atoms with Gasteiger partial charge in [0.15, 0.2) is 5.82 Å². The number of alkyl halides is 1. The summed E-state index contributed by atoms with van der Waals surface area (Å²) in [4.78, 5) is 24.3. The Hall–Kier alpha value is -2.97. The Kier molecular flexibility index (Phi) is 5.11. The summed E-state index contributed by atoms with van der Waals surface area (Å²) in [6, 6.07) is 9.19. The Bertz CT molecular complexity index is 1440. The van der Waals surface area contributed by atoms with Crippen LogP contribution in [-0.2, 0) is 20.0 Å². The minimum atomic E-state index is -0.661. The molecule has 0 unspecified atom stereocenters. The van der Waals surface area contributed by atoms with Crippen LogP contribution in [0.4, 0.5) is 4.39 Å². The second-order valence-corrected chi connectivity index (χ2v) is 9.93. The van der Waals surface area contributed by atoms with Crippen LogP contribution in [0.15, 0.2) is 30.3 Å². The fourth-order valence-corrected chi connectivity index (χ4v) is 5.13. The summed E-state index contributed by atoms with van der Waals surface area (Å²) in [6.07, 6.45) is 3.15. The van der Waals surface area contributed by atoms with E-state index in [2.05, 4.69) is 26.3 Å². The molecule has 4 aromatic rings. The van der Waals surface area contributed by atoms with Gasteiger partial charge in [-0.3, -0.25) is 4.79 Å². The molecule has 1 fully saturated rings. The highest BCUT2D eigenvalue weighted by Gasteiger charge is 2.29. The lowest BCUT2D eigenvalue weighted by Crippen LogP contribution is -2.45. The van der Waals surface area contributed by atoms with Gasteiger partial charge in [-0.05, 0) is 61.1 Å². The fourth-order valence-electron chi connectivity index (χ4n) is 4.98. The molecule has 1 atom stereocenters. The van der Waals surface area contributed by atoms with Crippen molar-refractivity contribution < 1.29 is 9.18 Å². The van der Waals surface area contributed by atoms with Gasteiger partial charge in [0.2, 0.25) is 0 Å². The van der Waals surface area contributed by atoms with Gasteiger partial charge in [-0.15, -0.1) is 0 Å². The molecule has 3 aromatic heterocycles. The monoisotopic (exact) mass is 480 g/mol. The summed E-state index contributed by atoms with van der Waals surface area (Å²) in [5.74, 6) is 1.37. The Labute approximate surface area is 201 Å². The van der Waals surface area contributed by atoms with Crippen LogP contribution in [0.3, 0.4) is 0 Å². The lowest BCUT2D eigenvalue weighted by Gasteiger charge is -2.30. The SMILES string of the molecule is Cn1c(-c2cc3ccc(Cl)nc3n2CC2CC2)nc2cc3c(cc21)CCN(C[C@H](N)CF)C3=O. The predicted octanol–water partition coefficient (Wildman–Crippen LogP) is 3.95. The molecule has 1 aliphatic carbocycles. The van der Waals surface area contributed by atoms with E-state index in [0.29, 0.717) is 29.6 Å². The molecular formula is C25H26ClFN6O. The summed E-state index contributed by atoms with van der Waals surface area (Å²) >= 11 is 6.22. The van der Waals surface area contributed by atoms with Gasteiger partial charge in [0.25, 0.3) is 5.91 Å². The Morgan fingerprint density at radius 3 is 2.82 bits per heavy atom. The van der Waals surface area contributed by atoms with Crippen LogP contribution in [0, 0.1) is 5.92 Å². The van der Waals surface area contributed by atoms with E-state index in [9.17, 15) is 9.18 Å². The normalized spacial score (nSPS) is 17.1. The zero-order valence-corrected chi connectivity index (χ0v) is 19.7. The van der Waals surface area contributed by atoms with Crippen molar-refractivity contribution in [2.75, 3.05) is 19.8 Å². The maximum atomic E-state index is 13.1. The highest BCUT2D eigenvalue weighted by Crippen LogP contribution is 2.36. The van der Waals surface area contributed by atoms with Crippen molar-refractivity contribution in [3.63, 3.8) is 0 Å². The summed E-state index contributed by atoms with van der Waals surface area (Å²) in [5.41, 5.74) is 11.0. The highest BCUT2D eigenvalue weighted by molar-refractivity contribution is 6.29. The number of fused-ring (bicyclic) bond motifs is 3. The molecule has 1 aromatic carbocycles. The van der Waals surface area contributed by atoms with Crippen molar-refractivity contribution in [2.45, 2.75) is 31.8 Å². The maximum absolute atomic E-state index is 13.1. The van der Waals surface area contributed by atoms with Crippen molar-refractivity contribution >= 4 is 39.6 Å². The smallest absolute Gasteiger partial charge is 0.254 e. The summed E-state index contributed by atoms with van der Waals surface area (Å²) < 4.78 is 17.2. The Morgan fingerprint density at radius 2 is 2.06 bits per heavy atom. The van der Waals surface area contributed by atoms with Crippen LogP contribution in [0.1, 0.15) is 28.8 Å². The van der Waals surface area contributed by atoms with Crippen LogP contribution < -0.4 is 5.73 Å². The number of nitrogens with two attached hydrogens (primary N) is 1. The van der Waals surface area contributed by atoms with Gasteiger partial charge in [-0.1, -0.05) is 11.6 Å². The minimum absolute atomic E-state index is 0.110. The fraction of sp³-hybridized carbons (Fsp3) is 0.400. The largest absolute Gasteiger partial charge is 0.337 e. The first-order chi connectivity index (χ1) is 16.4. The van der Waals surface area contributed by atoms with E-state index in [0.717, 1.165) is 45.7 Å². The van der Waals surface area contributed by atoms with Gasteiger partial charge in [0, 0.05) is 37.6 Å². The lowest BCUT2D eigenvalue weighted by atomic mass is 9.97. The first kappa shape index (κ1) is 21.6.